The molecule has 3 aromatic carbocycles. The SMILES string of the molecule is O=C1C(=O)N(c2ccc(F)cc2F)C(c2ccccc2)/C1=C(/O)c1ccc2c(c1)CCCO2. The fraction of sp³-hybridized carbons (Fsp3) is 0.154. The molecule has 33 heavy (non-hydrogen) atoms. The van der Waals surface area contributed by atoms with Crippen molar-refractivity contribution >= 4 is 23.1 Å². The number of hydrogen-bond acceptors (Lipinski definition) is 4. The second-order valence-electron chi connectivity index (χ2n) is 7.95. The number of aliphatic hydroxyl groups excluding tert-OH is 1. The van der Waals surface area contributed by atoms with Crippen LogP contribution in [0.15, 0.2) is 72.3 Å². The van der Waals surface area contributed by atoms with Crippen molar-refractivity contribution in [3.05, 3.63) is 101 Å². The molecule has 0 radical (unpaired) electrons. The van der Waals surface area contributed by atoms with E-state index in [1.54, 1.807) is 48.5 Å². The minimum atomic E-state index is -1.08. The number of amides is 1. The molecule has 5 nitrogen and oxygen atoms in total. The third-order valence-corrected chi connectivity index (χ3v) is 5.91. The highest BCUT2D eigenvalue weighted by atomic mass is 19.1. The van der Waals surface area contributed by atoms with Gasteiger partial charge < -0.3 is 9.84 Å². The van der Waals surface area contributed by atoms with Crippen LogP contribution in [0, 0.1) is 11.6 Å². The van der Waals surface area contributed by atoms with E-state index in [0.29, 0.717) is 29.5 Å². The summed E-state index contributed by atoms with van der Waals surface area (Å²) in [6, 6.07) is 15.3. The number of hydrogen-bond donors (Lipinski definition) is 1. The topological polar surface area (TPSA) is 66.8 Å². The van der Waals surface area contributed by atoms with Gasteiger partial charge in [0.2, 0.25) is 0 Å². The molecular weight excluding hydrogens is 428 g/mol. The molecule has 1 saturated heterocycles. The molecule has 1 amide bonds. The molecule has 1 unspecified atom stereocenters. The largest absolute Gasteiger partial charge is 0.507 e. The van der Waals surface area contributed by atoms with Gasteiger partial charge in [0.25, 0.3) is 11.7 Å². The summed E-state index contributed by atoms with van der Waals surface area (Å²) in [6.07, 6.45) is 1.59. The minimum absolute atomic E-state index is 0.161. The molecule has 5 rings (SSSR count). The van der Waals surface area contributed by atoms with E-state index in [0.717, 1.165) is 35.4 Å². The number of ether oxygens (including phenoxy) is 1. The van der Waals surface area contributed by atoms with Crippen LogP contribution < -0.4 is 9.64 Å². The fourth-order valence-corrected chi connectivity index (χ4v) is 4.37. The van der Waals surface area contributed by atoms with Crippen LogP contribution in [0.5, 0.6) is 5.75 Å². The zero-order valence-corrected chi connectivity index (χ0v) is 17.4. The first-order valence-electron chi connectivity index (χ1n) is 10.5. The molecule has 1 atom stereocenters. The number of aryl methyl sites for hydroxylation is 1. The van der Waals surface area contributed by atoms with E-state index >= 15 is 0 Å². The molecule has 2 aliphatic rings. The van der Waals surface area contributed by atoms with Gasteiger partial charge in [0.1, 0.15) is 23.1 Å². The Labute approximate surface area is 188 Å². The Morgan fingerprint density at radius 1 is 1.00 bits per heavy atom. The summed E-state index contributed by atoms with van der Waals surface area (Å²) < 4.78 is 33.8. The summed E-state index contributed by atoms with van der Waals surface area (Å²) in [6.45, 7) is 0.612. The molecule has 0 aliphatic carbocycles. The summed E-state index contributed by atoms with van der Waals surface area (Å²) in [5, 5.41) is 11.2. The zero-order valence-electron chi connectivity index (χ0n) is 17.4. The van der Waals surface area contributed by atoms with E-state index in [1.165, 1.54) is 0 Å². The highest BCUT2D eigenvalue weighted by Crippen LogP contribution is 2.43. The molecule has 1 fully saturated rings. The lowest BCUT2D eigenvalue weighted by atomic mass is 9.94. The minimum Gasteiger partial charge on any atom is -0.507 e. The Morgan fingerprint density at radius 3 is 2.55 bits per heavy atom. The highest BCUT2D eigenvalue weighted by Gasteiger charge is 2.47. The van der Waals surface area contributed by atoms with Gasteiger partial charge >= 0.3 is 0 Å². The number of rotatable bonds is 3. The summed E-state index contributed by atoms with van der Waals surface area (Å²) in [5.74, 6) is -3.38. The first-order chi connectivity index (χ1) is 16.0. The molecule has 0 bridgehead atoms. The lowest BCUT2D eigenvalue weighted by molar-refractivity contribution is -0.132. The zero-order chi connectivity index (χ0) is 23.1. The monoisotopic (exact) mass is 447 g/mol. The lowest BCUT2D eigenvalue weighted by Crippen LogP contribution is -2.30. The number of fused-ring (bicyclic) bond motifs is 1. The maximum Gasteiger partial charge on any atom is 0.300 e. The highest BCUT2D eigenvalue weighted by molar-refractivity contribution is 6.51. The van der Waals surface area contributed by atoms with Crippen LogP contribution in [0.4, 0.5) is 14.5 Å². The van der Waals surface area contributed by atoms with E-state index in [2.05, 4.69) is 0 Å². The number of anilines is 1. The van der Waals surface area contributed by atoms with Crippen LogP contribution in [0.3, 0.4) is 0 Å². The summed E-state index contributed by atoms with van der Waals surface area (Å²) in [5.41, 5.74) is 1.35. The van der Waals surface area contributed by atoms with Crippen molar-refractivity contribution in [2.75, 3.05) is 11.5 Å². The molecule has 166 valence electrons. The van der Waals surface area contributed by atoms with E-state index < -0.39 is 29.4 Å². The molecule has 0 aromatic heterocycles. The van der Waals surface area contributed by atoms with Crippen molar-refractivity contribution in [3.8, 4) is 5.75 Å². The van der Waals surface area contributed by atoms with Crippen LogP contribution in [0.2, 0.25) is 0 Å². The lowest BCUT2D eigenvalue weighted by Gasteiger charge is -2.26. The quantitative estimate of drug-likeness (QED) is 0.352. The third kappa shape index (κ3) is 3.55. The van der Waals surface area contributed by atoms with Crippen LogP contribution in [-0.2, 0) is 16.0 Å². The number of nitrogens with zero attached hydrogens (tertiary/aromatic N) is 1. The van der Waals surface area contributed by atoms with E-state index in [9.17, 15) is 23.5 Å². The molecule has 2 aliphatic heterocycles. The Kier molecular flexibility index (Phi) is 5.17. The van der Waals surface area contributed by atoms with Crippen molar-refractivity contribution < 1.29 is 28.2 Å². The molecule has 2 heterocycles. The van der Waals surface area contributed by atoms with Crippen molar-refractivity contribution in [2.45, 2.75) is 18.9 Å². The Morgan fingerprint density at radius 2 is 1.79 bits per heavy atom. The standard InChI is InChI=1S/C26H19F2NO4/c27-18-9-10-20(19(28)14-18)29-23(15-5-2-1-3-6-15)22(25(31)26(29)32)24(30)17-8-11-21-16(13-17)7-4-12-33-21/h1-3,5-6,8-11,13-14,23,30H,4,7,12H2/b24-22-. The van der Waals surface area contributed by atoms with Crippen molar-refractivity contribution in [3.63, 3.8) is 0 Å². The molecule has 1 N–H and O–H groups in total. The van der Waals surface area contributed by atoms with Gasteiger partial charge in [-0.15, -0.1) is 0 Å². The van der Waals surface area contributed by atoms with Gasteiger partial charge in [-0.1, -0.05) is 30.3 Å². The third-order valence-electron chi connectivity index (χ3n) is 5.91. The molecule has 7 heteroatoms. The van der Waals surface area contributed by atoms with Gasteiger partial charge in [0.15, 0.2) is 0 Å². The van der Waals surface area contributed by atoms with Crippen LogP contribution in [-0.4, -0.2) is 23.4 Å². The first-order valence-corrected chi connectivity index (χ1v) is 10.5. The van der Waals surface area contributed by atoms with Crippen LogP contribution in [0.25, 0.3) is 5.76 Å². The summed E-state index contributed by atoms with van der Waals surface area (Å²) in [7, 11) is 0. The number of carbonyl (C=O) groups is 2. The first kappa shape index (κ1) is 20.9. The van der Waals surface area contributed by atoms with Gasteiger partial charge in [-0.05, 0) is 54.3 Å². The Hall–Kier alpha value is -4.00. The van der Waals surface area contributed by atoms with Gasteiger partial charge in [-0.25, -0.2) is 8.78 Å². The Balaban J connectivity index is 1.70. The maximum atomic E-state index is 14.7. The number of benzene rings is 3. The molecular formula is C26H19F2NO4. The van der Waals surface area contributed by atoms with E-state index in [1.807, 2.05) is 0 Å². The predicted octanol–water partition coefficient (Wildman–Crippen LogP) is 4.92. The number of aliphatic hydroxyl groups is 1. The van der Waals surface area contributed by atoms with Crippen molar-refractivity contribution in [1.29, 1.82) is 0 Å². The summed E-state index contributed by atoms with van der Waals surface area (Å²) in [4.78, 5) is 27.2. The summed E-state index contributed by atoms with van der Waals surface area (Å²) >= 11 is 0. The predicted molar refractivity (Wildman–Crippen MR) is 118 cm³/mol. The number of ketones is 1. The average molecular weight is 447 g/mol. The maximum absolute atomic E-state index is 14.7. The smallest absolute Gasteiger partial charge is 0.300 e. The van der Waals surface area contributed by atoms with Crippen LogP contribution in [0.1, 0.15) is 29.2 Å². The Bertz CT molecular complexity index is 1300. The van der Waals surface area contributed by atoms with Crippen molar-refractivity contribution in [2.24, 2.45) is 0 Å². The number of halogens is 2. The van der Waals surface area contributed by atoms with E-state index in [-0.39, 0.29) is 17.0 Å². The molecule has 0 saturated carbocycles. The van der Waals surface area contributed by atoms with Gasteiger partial charge in [-0.2, -0.15) is 0 Å². The van der Waals surface area contributed by atoms with Gasteiger partial charge in [-0.3, -0.25) is 14.5 Å². The average Bonchev–Trinajstić information content (AvgIpc) is 3.09. The second kappa shape index (κ2) is 8.16. The fourth-order valence-electron chi connectivity index (χ4n) is 4.37. The number of carbonyl (C=O) groups excluding carboxylic acids is 2. The second-order valence-corrected chi connectivity index (χ2v) is 7.95. The normalized spacial score (nSPS) is 19.3. The van der Waals surface area contributed by atoms with Crippen LogP contribution >= 0.6 is 0 Å². The van der Waals surface area contributed by atoms with Crippen molar-refractivity contribution in [1.82, 2.24) is 0 Å². The van der Waals surface area contributed by atoms with E-state index in [4.69, 9.17) is 4.74 Å². The van der Waals surface area contributed by atoms with Gasteiger partial charge in [0.05, 0.1) is 23.9 Å². The molecule has 3 aromatic rings. The molecule has 0 spiro atoms. The van der Waals surface area contributed by atoms with Gasteiger partial charge in [0, 0.05) is 11.6 Å². The number of Topliss-reactive ketones (excluding diaryl/α,β-unsaturated/α-hetero) is 1.